The first-order chi connectivity index (χ1) is 21.6. The van der Waals surface area contributed by atoms with Crippen LogP contribution in [0.25, 0.3) is 0 Å². The number of nitrogen functional groups attached to an aromatic ring is 1. The van der Waals surface area contributed by atoms with E-state index in [-0.39, 0.29) is 35.2 Å². The van der Waals surface area contributed by atoms with Crippen LogP contribution in [0.4, 0.5) is 45.2 Å². The molecule has 19 heteroatoms. The van der Waals surface area contributed by atoms with Crippen LogP contribution in [-0.4, -0.2) is 65.1 Å². The van der Waals surface area contributed by atoms with Gasteiger partial charge in [-0.05, 0) is 50.1 Å². The molecule has 2 aliphatic rings. The molecule has 0 aromatic heterocycles. The molecule has 2 aliphatic heterocycles. The van der Waals surface area contributed by atoms with E-state index in [1.54, 1.807) is 26.3 Å². The van der Waals surface area contributed by atoms with E-state index >= 15 is 0 Å². The van der Waals surface area contributed by atoms with Crippen molar-refractivity contribution in [2.24, 2.45) is 9.98 Å². The van der Waals surface area contributed by atoms with Crippen molar-refractivity contribution >= 4 is 29.2 Å². The molecule has 2 atom stereocenters. The molecule has 0 saturated carbocycles. The van der Waals surface area contributed by atoms with E-state index in [1.165, 1.54) is 18.2 Å². The SMILES string of the molecule is CC(C)NC1=NC(C)C(c2cc(N)cc(C(F)(F)F)c2)N(CC(=O)NCc2ccc(C3=NC(C(F)(F)F)(C(F)(F)F)ON3)cc2)C1=O. The normalized spacial score (nSPS) is 20.1. The van der Waals surface area contributed by atoms with Gasteiger partial charge in [-0.3, -0.25) is 14.6 Å². The molecule has 0 aliphatic carbocycles. The minimum atomic E-state index is -5.91. The van der Waals surface area contributed by atoms with Crippen molar-refractivity contribution in [3.8, 4) is 0 Å². The number of nitrogens with one attached hydrogen (secondary N) is 3. The van der Waals surface area contributed by atoms with Crippen molar-refractivity contribution in [3.05, 3.63) is 64.7 Å². The van der Waals surface area contributed by atoms with Crippen molar-refractivity contribution in [2.45, 2.75) is 69.7 Å². The van der Waals surface area contributed by atoms with Gasteiger partial charge in [-0.1, -0.05) is 24.3 Å². The van der Waals surface area contributed by atoms with Crippen LogP contribution >= 0.6 is 0 Å². The Hall–Kier alpha value is -4.55. The lowest BCUT2D eigenvalue weighted by Gasteiger charge is -2.38. The molecule has 256 valence electrons. The largest absolute Gasteiger partial charge is 0.450 e. The molecule has 2 unspecified atom stereocenters. The molecule has 2 aromatic rings. The number of carbonyl (C=O) groups excluding carboxylic acids is 2. The Balaban J connectivity index is 1.52. The van der Waals surface area contributed by atoms with Crippen LogP contribution in [0, 0.1) is 0 Å². The van der Waals surface area contributed by atoms with Gasteiger partial charge in [0, 0.05) is 23.8 Å². The summed E-state index contributed by atoms with van der Waals surface area (Å²) < 4.78 is 120. The fraction of sp³-hybridized carbons (Fsp3) is 0.429. The monoisotopic (exact) mass is 681 g/mol. The summed E-state index contributed by atoms with van der Waals surface area (Å²) in [4.78, 5) is 38.5. The highest BCUT2D eigenvalue weighted by Crippen LogP contribution is 2.48. The quantitative estimate of drug-likeness (QED) is 0.254. The highest BCUT2D eigenvalue weighted by Gasteiger charge is 2.76. The summed E-state index contributed by atoms with van der Waals surface area (Å²) in [6.45, 7) is 4.20. The number of nitrogens with zero attached hydrogens (tertiary/aromatic N) is 3. The maximum absolute atomic E-state index is 13.6. The number of alkyl halides is 9. The van der Waals surface area contributed by atoms with Crippen LogP contribution in [-0.2, 0) is 27.1 Å². The van der Waals surface area contributed by atoms with Gasteiger partial charge < -0.3 is 21.3 Å². The number of hydroxylamine groups is 1. The summed E-state index contributed by atoms with van der Waals surface area (Å²) in [6.07, 6.45) is -16.6. The molecule has 0 spiro atoms. The zero-order valence-electron chi connectivity index (χ0n) is 24.7. The molecule has 5 N–H and O–H groups in total. The molecule has 0 bridgehead atoms. The lowest BCUT2D eigenvalue weighted by molar-refractivity contribution is -0.379. The van der Waals surface area contributed by atoms with Crippen LogP contribution in [0.5, 0.6) is 0 Å². The maximum Gasteiger partial charge on any atom is 0.450 e. The highest BCUT2D eigenvalue weighted by molar-refractivity contribution is 6.38. The highest BCUT2D eigenvalue weighted by atomic mass is 19.4. The van der Waals surface area contributed by atoms with Crippen molar-refractivity contribution in [2.75, 3.05) is 12.3 Å². The van der Waals surface area contributed by atoms with Gasteiger partial charge in [0.2, 0.25) is 5.91 Å². The number of hydrogen-bond acceptors (Lipinski definition) is 8. The number of halogens is 9. The Morgan fingerprint density at radius 2 is 1.66 bits per heavy atom. The Bertz CT molecular complexity index is 1560. The van der Waals surface area contributed by atoms with E-state index in [1.807, 2.05) is 0 Å². The molecular formula is C28H28F9N7O3. The van der Waals surface area contributed by atoms with Gasteiger partial charge in [0.25, 0.3) is 5.91 Å². The summed E-state index contributed by atoms with van der Waals surface area (Å²) in [5, 5.41) is 5.40. The summed E-state index contributed by atoms with van der Waals surface area (Å²) >= 11 is 0. The third-order valence-electron chi connectivity index (χ3n) is 7.02. The van der Waals surface area contributed by atoms with Crippen LogP contribution < -0.4 is 21.8 Å². The summed E-state index contributed by atoms with van der Waals surface area (Å²) in [5.74, 6) is -2.42. The Morgan fingerprint density at radius 3 is 2.19 bits per heavy atom. The number of carbonyl (C=O) groups is 2. The number of amides is 2. The number of anilines is 1. The third-order valence-corrected chi connectivity index (χ3v) is 7.02. The standard InChI is InChI=1S/C28H28F9N7O3/c1-13(2)40-23-24(46)44(21(14(3)41-23)17-8-18(25(29,30)31)10-19(38)9-17)12-20(45)39-11-15-4-6-16(7-5-15)22-42-26(47-43-22,27(32,33)34)28(35,36)37/h4-10,13-14,21H,11-12,38H2,1-3H3,(H,39,45)(H,40,41)(H,42,43). The number of hydrogen-bond donors (Lipinski definition) is 4. The van der Waals surface area contributed by atoms with Gasteiger partial charge in [0.15, 0.2) is 11.7 Å². The molecule has 2 heterocycles. The van der Waals surface area contributed by atoms with Crippen LogP contribution in [0.2, 0.25) is 0 Å². The molecule has 4 rings (SSSR count). The molecule has 10 nitrogen and oxygen atoms in total. The fourth-order valence-corrected chi connectivity index (χ4v) is 4.91. The molecule has 0 fully saturated rings. The van der Waals surface area contributed by atoms with Crippen LogP contribution in [0.1, 0.15) is 49.1 Å². The Labute approximate surface area is 261 Å². The zero-order valence-corrected chi connectivity index (χ0v) is 24.7. The minimum Gasteiger partial charge on any atom is -0.399 e. The van der Waals surface area contributed by atoms with Crippen molar-refractivity contribution in [1.29, 1.82) is 0 Å². The van der Waals surface area contributed by atoms with E-state index in [4.69, 9.17) is 5.73 Å². The van der Waals surface area contributed by atoms with E-state index in [0.717, 1.165) is 29.2 Å². The third kappa shape index (κ3) is 7.39. The number of rotatable bonds is 7. The average Bonchev–Trinajstić information content (AvgIpc) is 3.42. The molecule has 2 amide bonds. The molecule has 2 aromatic carbocycles. The van der Waals surface area contributed by atoms with Gasteiger partial charge >= 0.3 is 24.3 Å². The number of aliphatic imine (C=N–C) groups is 2. The first-order valence-corrected chi connectivity index (χ1v) is 13.8. The average molecular weight is 682 g/mol. The summed E-state index contributed by atoms with van der Waals surface area (Å²) in [5.41, 5.74) is 1.42. The first-order valence-electron chi connectivity index (χ1n) is 13.8. The van der Waals surface area contributed by atoms with Crippen molar-refractivity contribution in [3.63, 3.8) is 0 Å². The van der Waals surface area contributed by atoms with Crippen molar-refractivity contribution in [1.82, 2.24) is 21.0 Å². The van der Waals surface area contributed by atoms with Gasteiger partial charge in [-0.15, -0.1) is 0 Å². The number of nitrogens with two attached hydrogens (primary N) is 1. The zero-order chi connectivity index (χ0) is 35.1. The van der Waals surface area contributed by atoms with Crippen LogP contribution in [0.15, 0.2) is 52.4 Å². The van der Waals surface area contributed by atoms with E-state index in [2.05, 4.69) is 25.5 Å². The second kappa shape index (κ2) is 12.6. The molecular weight excluding hydrogens is 653 g/mol. The number of benzene rings is 2. The fourth-order valence-electron chi connectivity index (χ4n) is 4.91. The predicted molar refractivity (Wildman–Crippen MR) is 149 cm³/mol. The second-order valence-electron chi connectivity index (χ2n) is 11.1. The lowest BCUT2D eigenvalue weighted by Crippen LogP contribution is -2.56. The van der Waals surface area contributed by atoms with E-state index in [9.17, 15) is 49.1 Å². The topological polar surface area (TPSA) is 133 Å². The summed E-state index contributed by atoms with van der Waals surface area (Å²) in [6, 6.07) is 5.53. The number of amidine groups is 2. The smallest absolute Gasteiger partial charge is 0.399 e. The summed E-state index contributed by atoms with van der Waals surface area (Å²) in [7, 11) is 0. The van der Waals surface area contributed by atoms with E-state index in [0.29, 0.717) is 5.56 Å². The van der Waals surface area contributed by atoms with E-state index < -0.39 is 66.1 Å². The lowest BCUT2D eigenvalue weighted by atomic mass is 9.94. The minimum absolute atomic E-state index is 0.00129. The van der Waals surface area contributed by atoms with Crippen LogP contribution in [0.3, 0.4) is 0 Å². The predicted octanol–water partition coefficient (Wildman–Crippen LogP) is 4.37. The molecule has 0 radical (unpaired) electrons. The maximum atomic E-state index is 13.6. The second-order valence-corrected chi connectivity index (χ2v) is 11.1. The Morgan fingerprint density at radius 1 is 1.04 bits per heavy atom. The molecule has 47 heavy (non-hydrogen) atoms. The van der Waals surface area contributed by atoms with Gasteiger partial charge in [0.1, 0.15) is 6.54 Å². The van der Waals surface area contributed by atoms with Gasteiger partial charge in [0.05, 0.1) is 17.6 Å². The van der Waals surface area contributed by atoms with Gasteiger partial charge in [-0.2, -0.15) is 39.5 Å². The van der Waals surface area contributed by atoms with Gasteiger partial charge in [-0.25, -0.2) is 15.3 Å². The van der Waals surface area contributed by atoms with Crippen molar-refractivity contribution < 1.29 is 53.9 Å². The first kappa shape index (κ1) is 35.3. The Kier molecular flexibility index (Phi) is 9.44. The molecule has 0 saturated heterocycles.